The third-order valence-corrected chi connectivity index (χ3v) is 8.34. The third kappa shape index (κ3) is 6.52. The zero-order valence-corrected chi connectivity index (χ0v) is 21.7. The molecule has 6 nitrogen and oxygen atoms in total. The van der Waals surface area contributed by atoms with Gasteiger partial charge in [-0.25, -0.2) is 13.1 Å². The SMILES string of the molecule is CSc1ccc(S(=O)(=O)N[C@H](C)c2ccc(N3CCC[C@H](C)C3)cc2)cc1NC(=O)C(C)C. The van der Waals surface area contributed by atoms with E-state index in [-0.39, 0.29) is 16.7 Å². The van der Waals surface area contributed by atoms with E-state index >= 15 is 0 Å². The fourth-order valence-corrected chi connectivity index (χ4v) is 5.79. The van der Waals surface area contributed by atoms with Gasteiger partial charge in [0, 0.05) is 35.6 Å². The lowest BCUT2D eigenvalue weighted by Gasteiger charge is -2.33. The van der Waals surface area contributed by atoms with Gasteiger partial charge in [-0.3, -0.25) is 4.79 Å². The highest BCUT2D eigenvalue weighted by Gasteiger charge is 2.22. The summed E-state index contributed by atoms with van der Waals surface area (Å²) in [5.74, 6) is 0.343. The van der Waals surface area contributed by atoms with E-state index in [2.05, 4.69) is 34.0 Å². The predicted molar refractivity (Wildman–Crippen MR) is 137 cm³/mol. The van der Waals surface area contributed by atoms with E-state index in [1.54, 1.807) is 26.0 Å². The molecule has 0 aromatic heterocycles. The average molecular weight is 490 g/mol. The first-order valence-corrected chi connectivity index (χ1v) is 14.2. The van der Waals surface area contributed by atoms with E-state index < -0.39 is 16.1 Å². The molecule has 2 aromatic carbocycles. The van der Waals surface area contributed by atoms with Crippen LogP contribution in [0, 0.1) is 11.8 Å². The van der Waals surface area contributed by atoms with Crippen molar-refractivity contribution in [3.8, 4) is 0 Å². The molecule has 2 N–H and O–H groups in total. The maximum atomic E-state index is 13.1. The number of thioether (sulfide) groups is 1. The molecule has 0 saturated carbocycles. The summed E-state index contributed by atoms with van der Waals surface area (Å²) in [6, 6.07) is 12.6. The Morgan fingerprint density at radius 3 is 2.42 bits per heavy atom. The number of hydrogen-bond donors (Lipinski definition) is 2. The Hall–Kier alpha value is -2.03. The second kappa shape index (κ2) is 10.9. The standard InChI is InChI=1S/C25H35N3O3S2/c1-17(2)25(29)26-23-15-22(12-13-24(23)32-5)33(30,31)27-19(4)20-8-10-21(11-9-20)28-14-6-7-18(3)16-28/h8-13,15,17-19,27H,6-7,14,16H2,1-5H3,(H,26,29)/t18-,19+/m0/s1. The fraction of sp³-hybridized carbons (Fsp3) is 0.480. The maximum absolute atomic E-state index is 13.1. The zero-order chi connectivity index (χ0) is 24.2. The molecule has 33 heavy (non-hydrogen) atoms. The topological polar surface area (TPSA) is 78.5 Å². The van der Waals surface area contributed by atoms with Crippen LogP contribution < -0.4 is 14.9 Å². The number of nitrogens with one attached hydrogen (secondary N) is 2. The number of amides is 1. The van der Waals surface area contributed by atoms with Crippen molar-refractivity contribution in [2.24, 2.45) is 11.8 Å². The maximum Gasteiger partial charge on any atom is 0.241 e. The van der Waals surface area contributed by atoms with Gasteiger partial charge >= 0.3 is 0 Å². The number of hydrogen-bond acceptors (Lipinski definition) is 5. The summed E-state index contributed by atoms with van der Waals surface area (Å²) in [5.41, 5.74) is 2.59. The minimum Gasteiger partial charge on any atom is -0.371 e. The van der Waals surface area contributed by atoms with Crippen LogP contribution >= 0.6 is 11.8 Å². The van der Waals surface area contributed by atoms with E-state index in [1.807, 2.05) is 25.3 Å². The first kappa shape index (κ1) is 25.6. The molecule has 1 heterocycles. The molecule has 1 amide bonds. The molecule has 0 radical (unpaired) electrons. The minimum absolute atomic E-state index is 0.130. The van der Waals surface area contributed by atoms with Crippen molar-refractivity contribution < 1.29 is 13.2 Å². The summed E-state index contributed by atoms with van der Waals surface area (Å²) in [6.07, 6.45) is 4.37. The largest absolute Gasteiger partial charge is 0.371 e. The van der Waals surface area contributed by atoms with Gasteiger partial charge in [0.1, 0.15) is 0 Å². The number of anilines is 2. The molecule has 0 aliphatic carbocycles. The highest BCUT2D eigenvalue weighted by molar-refractivity contribution is 7.98. The number of sulfonamides is 1. The van der Waals surface area contributed by atoms with Gasteiger partial charge in [0.15, 0.2) is 0 Å². The summed E-state index contributed by atoms with van der Waals surface area (Å²) < 4.78 is 29.0. The molecule has 180 valence electrons. The fourth-order valence-electron chi connectivity index (χ4n) is 4.00. The molecule has 2 atom stereocenters. The van der Waals surface area contributed by atoms with Crippen molar-refractivity contribution in [2.45, 2.75) is 56.4 Å². The number of benzene rings is 2. The average Bonchev–Trinajstić information content (AvgIpc) is 2.78. The van der Waals surface area contributed by atoms with Crippen molar-refractivity contribution in [1.29, 1.82) is 0 Å². The molecule has 1 aliphatic rings. The van der Waals surface area contributed by atoms with Gasteiger partial charge in [-0.05, 0) is 67.8 Å². The van der Waals surface area contributed by atoms with Crippen LogP contribution in [0.4, 0.5) is 11.4 Å². The number of nitrogens with zero attached hydrogens (tertiary/aromatic N) is 1. The summed E-state index contributed by atoms with van der Waals surface area (Å²) in [6.45, 7) is 9.84. The Morgan fingerprint density at radius 2 is 1.82 bits per heavy atom. The molecule has 1 fully saturated rings. The summed E-state index contributed by atoms with van der Waals surface area (Å²) in [4.78, 5) is 15.5. The van der Waals surface area contributed by atoms with E-state index in [9.17, 15) is 13.2 Å². The summed E-state index contributed by atoms with van der Waals surface area (Å²) in [5, 5.41) is 2.84. The molecule has 1 aliphatic heterocycles. The summed E-state index contributed by atoms with van der Waals surface area (Å²) >= 11 is 1.46. The van der Waals surface area contributed by atoms with Crippen LogP contribution in [-0.2, 0) is 14.8 Å². The second-order valence-corrected chi connectivity index (χ2v) is 11.7. The Kier molecular flexibility index (Phi) is 8.48. The summed E-state index contributed by atoms with van der Waals surface area (Å²) in [7, 11) is -3.77. The lowest BCUT2D eigenvalue weighted by atomic mass is 9.99. The molecular formula is C25H35N3O3S2. The van der Waals surface area contributed by atoms with E-state index in [0.29, 0.717) is 11.6 Å². The van der Waals surface area contributed by atoms with Crippen molar-refractivity contribution in [1.82, 2.24) is 4.72 Å². The van der Waals surface area contributed by atoms with Crippen molar-refractivity contribution in [2.75, 3.05) is 29.6 Å². The van der Waals surface area contributed by atoms with Gasteiger partial charge in [-0.1, -0.05) is 32.9 Å². The zero-order valence-electron chi connectivity index (χ0n) is 20.1. The minimum atomic E-state index is -3.77. The Bertz CT molecular complexity index is 1070. The number of carbonyl (C=O) groups is 1. The van der Waals surface area contributed by atoms with Crippen molar-refractivity contribution >= 4 is 39.1 Å². The van der Waals surface area contributed by atoms with Gasteiger partial charge < -0.3 is 10.2 Å². The normalized spacial score (nSPS) is 17.8. The Balaban J connectivity index is 1.75. The molecular weight excluding hydrogens is 454 g/mol. The number of piperidine rings is 1. The first-order valence-electron chi connectivity index (χ1n) is 11.5. The van der Waals surface area contributed by atoms with Gasteiger partial charge in [0.2, 0.25) is 15.9 Å². The molecule has 3 rings (SSSR count). The lowest BCUT2D eigenvalue weighted by Crippen LogP contribution is -2.34. The highest BCUT2D eigenvalue weighted by Crippen LogP contribution is 2.30. The van der Waals surface area contributed by atoms with Crippen LogP contribution in [0.25, 0.3) is 0 Å². The first-order chi connectivity index (χ1) is 15.6. The molecule has 0 spiro atoms. The van der Waals surface area contributed by atoms with Crippen LogP contribution in [0.2, 0.25) is 0 Å². The molecule has 0 bridgehead atoms. The van der Waals surface area contributed by atoms with Gasteiger partial charge in [0.25, 0.3) is 0 Å². The van der Waals surface area contributed by atoms with Crippen LogP contribution in [0.5, 0.6) is 0 Å². The van der Waals surface area contributed by atoms with Gasteiger partial charge in [0.05, 0.1) is 10.6 Å². The molecule has 1 saturated heterocycles. The third-order valence-electron chi connectivity index (χ3n) is 6.01. The van der Waals surface area contributed by atoms with E-state index in [1.165, 1.54) is 36.4 Å². The second-order valence-electron chi connectivity index (χ2n) is 9.13. The molecule has 0 unspecified atom stereocenters. The lowest BCUT2D eigenvalue weighted by molar-refractivity contribution is -0.118. The smallest absolute Gasteiger partial charge is 0.241 e. The van der Waals surface area contributed by atoms with Gasteiger partial charge in [-0.15, -0.1) is 11.8 Å². The quantitative estimate of drug-likeness (QED) is 0.493. The van der Waals surface area contributed by atoms with Crippen LogP contribution in [-0.4, -0.2) is 33.7 Å². The highest BCUT2D eigenvalue weighted by atomic mass is 32.2. The van der Waals surface area contributed by atoms with E-state index in [0.717, 1.165) is 23.5 Å². The monoisotopic (exact) mass is 489 g/mol. The molecule has 8 heteroatoms. The van der Waals surface area contributed by atoms with Crippen LogP contribution in [0.15, 0.2) is 52.3 Å². The number of rotatable bonds is 8. The van der Waals surface area contributed by atoms with E-state index in [4.69, 9.17) is 0 Å². The van der Waals surface area contributed by atoms with Crippen LogP contribution in [0.3, 0.4) is 0 Å². The Morgan fingerprint density at radius 1 is 1.12 bits per heavy atom. The number of carbonyl (C=O) groups excluding carboxylic acids is 1. The van der Waals surface area contributed by atoms with Crippen molar-refractivity contribution in [3.63, 3.8) is 0 Å². The molecule has 2 aromatic rings. The Labute approximate surface area is 202 Å². The van der Waals surface area contributed by atoms with Gasteiger partial charge in [-0.2, -0.15) is 0 Å². The predicted octanol–water partition coefficient (Wildman–Crippen LogP) is 5.28. The van der Waals surface area contributed by atoms with Crippen LogP contribution in [0.1, 0.15) is 52.1 Å². The van der Waals surface area contributed by atoms with Crippen molar-refractivity contribution in [3.05, 3.63) is 48.0 Å².